The minimum Gasteiger partial charge on any atom is -0.508 e. The van der Waals surface area contributed by atoms with Crippen LogP contribution in [-0.4, -0.2) is 11.7 Å². The standard InChI is InChI=1S/C15H11ClO2S/c1-9-15(10-2-4-11(17)5-3-10)12(8-18-9)13-6-7-14(16)19-13/h2-7,17H,1,8H2. The van der Waals surface area contributed by atoms with Crippen LogP contribution in [0.15, 0.2) is 48.7 Å². The van der Waals surface area contributed by atoms with Gasteiger partial charge in [0, 0.05) is 16.0 Å². The van der Waals surface area contributed by atoms with E-state index in [-0.39, 0.29) is 5.75 Å². The molecule has 0 spiro atoms. The lowest BCUT2D eigenvalue weighted by molar-refractivity contribution is 0.286. The highest BCUT2D eigenvalue weighted by Gasteiger charge is 2.23. The summed E-state index contributed by atoms with van der Waals surface area (Å²) in [5.74, 6) is 0.903. The largest absolute Gasteiger partial charge is 0.508 e. The summed E-state index contributed by atoms with van der Waals surface area (Å²) in [4.78, 5) is 1.09. The normalized spacial score (nSPS) is 14.9. The molecule has 4 heteroatoms. The van der Waals surface area contributed by atoms with E-state index in [2.05, 4.69) is 6.58 Å². The summed E-state index contributed by atoms with van der Waals surface area (Å²) in [5, 5.41) is 9.37. The Labute approximate surface area is 120 Å². The van der Waals surface area contributed by atoms with E-state index in [9.17, 15) is 5.11 Å². The Morgan fingerprint density at radius 3 is 2.53 bits per heavy atom. The molecule has 2 heterocycles. The molecular formula is C15H11ClO2S. The maximum atomic E-state index is 9.37. The Kier molecular flexibility index (Phi) is 3.09. The molecule has 2 aromatic rings. The monoisotopic (exact) mass is 290 g/mol. The number of hydrogen-bond donors (Lipinski definition) is 1. The SMILES string of the molecule is C=C1OCC(c2ccc(Cl)s2)=C1c1ccc(O)cc1. The summed E-state index contributed by atoms with van der Waals surface area (Å²) in [5.41, 5.74) is 3.06. The Morgan fingerprint density at radius 2 is 1.89 bits per heavy atom. The third-order valence-corrected chi connectivity index (χ3v) is 4.29. The number of benzene rings is 1. The van der Waals surface area contributed by atoms with Gasteiger partial charge in [0.2, 0.25) is 0 Å². The zero-order valence-corrected chi connectivity index (χ0v) is 11.6. The van der Waals surface area contributed by atoms with Gasteiger partial charge in [-0.3, -0.25) is 0 Å². The van der Waals surface area contributed by atoms with Crippen LogP contribution in [0, 0.1) is 0 Å². The van der Waals surface area contributed by atoms with Crippen LogP contribution >= 0.6 is 22.9 Å². The number of rotatable bonds is 2. The topological polar surface area (TPSA) is 29.5 Å². The van der Waals surface area contributed by atoms with Crippen molar-refractivity contribution in [1.82, 2.24) is 0 Å². The van der Waals surface area contributed by atoms with Gasteiger partial charge >= 0.3 is 0 Å². The van der Waals surface area contributed by atoms with Gasteiger partial charge in [0.05, 0.1) is 4.34 Å². The second-order valence-electron chi connectivity index (χ2n) is 4.22. The van der Waals surface area contributed by atoms with Crippen LogP contribution < -0.4 is 0 Å². The summed E-state index contributed by atoms with van der Waals surface area (Å²) < 4.78 is 6.31. The van der Waals surface area contributed by atoms with Crippen molar-refractivity contribution in [3.8, 4) is 5.75 Å². The molecule has 0 atom stereocenters. The quantitative estimate of drug-likeness (QED) is 0.878. The number of phenols is 1. The molecule has 0 aliphatic carbocycles. The van der Waals surface area contributed by atoms with Crippen molar-refractivity contribution in [2.45, 2.75) is 0 Å². The molecule has 0 saturated heterocycles. The van der Waals surface area contributed by atoms with Crippen LogP contribution in [-0.2, 0) is 4.74 Å². The van der Waals surface area contributed by atoms with Crippen molar-refractivity contribution < 1.29 is 9.84 Å². The highest BCUT2D eigenvalue weighted by molar-refractivity contribution is 7.17. The third kappa shape index (κ3) is 2.27. The number of allylic oxidation sites excluding steroid dienone is 1. The second kappa shape index (κ2) is 4.76. The minimum atomic E-state index is 0.245. The van der Waals surface area contributed by atoms with Crippen LogP contribution in [0.25, 0.3) is 11.1 Å². The number of halogens is 1. The Morgan fingerprint density at radius 1 is 1.16 bits per heavy atom. The zero-order chi connectivity index (χ0) is 13.4. The summed E-state index contributed by atoms with van der Waals surface area (Å²) in [7, 11) is 0. The lowest BCUT2D eigenvalue weighted by Gasteiger charge is -2.05. The molecule has 3 rings (SSSR count). The van der Waals surface area contributed by atoms with E-state index in [1.807, 2.05) is 24.3 Å². The van der Waals surface area contributed by atoms with Crippen LogP contribution in [0.2, 0.25) is 4.34 Å². The molecule has 96 valence electrons. The van der Waals surface area contributed by atoms with Crippen molar-refractivity contribution in [2.24, 2.45) is 0 Å². The van der Waals surface area contributed by atoms with Gasteiger partial charge in [-0.25, -0.2) is 0 Å². The maximum absolute atomic E-state index is 9.37. The van der Waals surface area contributed by atoms with Gasteiger partial charge in [-0.2, -0.15) is 0 Å². The van der Waals surface area contributed by atoms with E-state index >= 15 is 0 Å². The first kappa shape index (κ1) is 12.3. The van der Waals surface area contributed by atoms with Crippen LogP contribution in [0.5, 0.6) is 5.75 Å². The van der Waals surface area contributed by atoms with E-state index in [0.29, 0.717) is 12.4 Å². The second-order valence-corrected chi connectivity index (χ2v) is 5.93. The summed E-state index contributed by atoms with van der Waals surface area (Å²) in [6, 6.07) is 10.9. The molecule has 1 aliphatic heterocycles. The van der Waals surface area contributed by atoms with E-state index in [1.165, 1.54) is 11.3 Å². The zero-order valence-electron chi connectivity index (χ0n) is 10.0. The van der Waals surface area contributed by atoms with E-state index in [4.69, 9.17) is 16.3 Å². The average Bonchev–Trinajstić information content (AvgIpc) is 2.97. The van der Waals surface area contributed by atoms with Gasteiger partial charge in [-0.1, -0.05) is 30.3 Å². The fourth-order valence-corrected chi connectivity index (χ4v) is 3.18. The number of thiophene rings is 1. The summed E-state index contributed by atoms with van der Waals surface area (Å²) in [6.07, 6.45) is 0. The van der Waals surface area contributed by atoms with Crippen LogP contribution in [0.1, 0.15) is 10.4 Å². The van der Waals surface area contributed by atoms with Gasteiger partial charge in [-0.05, 0) is 29.8 Å². The van der Waals surface area contributed by atoms with Crippen LogP contribution in [0.4, 0.5) is 0 Å². The van der Waals surface area contributed by atoms with Gasteiger partial charge in [-0.15, -0.1) is 11.3 Å². The van der Waals surface area contributed by atoms with Crippen molar-refractivity contribution in [3.63, 3.8) is 0 Å². The number of aromatic hydroxyl groups is 1. The molecule has 1 aromatic carbocycles. The number of phenolic OH excluding ortho intramolecular Hbond substituents is 1. The molecule has 19 heavy (non-hydrogen) atoms. The van der Waals surface area contributed by atoms with E-state index < -0.39 is 0 Å². The molecule has 0 bridgehead atoms. The first-order chi connectivity index (χ1) is 9.15. The fourth-order valence-electron chi connectivity index (χ4n) is 2.11. The van der Waals surface area contributed by atoms with Crippen molar-refractivity contribution in [3.05, 3.63) is 63.5 Å². The van der Waals surface area contributed by atoms with E-state index in [1.54, 1.807) is 12.1 Å². The third-order valence-electron chi connectivity index (χ3n) is 3.00. The Hall–Kier alpha value is -1.71. The first-order valence-electron chi connectivity index (χ1n) is 5.75. The molecule has 0 saturated carbocycles. The van der Waals surface area contributed by atoms with E-state index in [0.717, 1.165) is 25.9 Å². The number of hydrogen-bond acceptors (Lipinski definition) is 3. The molecule has 0 amide bonds. The highest BCUT2D eigenvalue weighted by atomic mass is 35.5. The first-order valence-corrected chi connectivity index (χ1v) is 6.95. The molecule has 1 aliphatic rings. The smallest absolute Gasteiger partial charge is 0.120 e. The lowest BCUT2D eigenvalue weighted by Crippen LogP contribution is -1.86. The predicted molar refractivity (Wildman–Crippen MR) is 79.3 cm³/mol. The number of ether oxygens (including phenoxy) is 1. The summed E-state index contributed by atoms with van der Waals surface area (Å²) in [6.45, 7) is 4.45. The van der Waals surface area contributed by atoms with Crippen molar-refractivity contribution >= 4 is 34.1 Å². The summed E-state index contributed by atoms with van der Waals surface area (Å²) >= 11 is 7.52. The van der Waals surface area contributed by atoms with Gasteiger partial charge < -0.3 is 9.84 Å². The molecule has 0 unspecified atom stereocenters. The predicted octanol–water partition coefficient (Wildman–Crippen LogP) is 4.56. The Balaban J connectivity index is 2.13. The molecule has 0 radical (unpaired) electrons. The molecule has 1 aromatic heterocycles. The highest BCUT2D eigenvalue weighted by Crippen LogP contribution is 2.41. The Bertz CT molecular complexity index is 668. The van der Waals surface area contributed by atoms with Crippen molar-refractivity contribution in [1.29, 1.82) is 0 Å². The van der Waals surface area contributed by atoms with Crippen molar-refractivity contribution in [2.75, 3.05) is 6.61 Å². The lowest BCUT2D eigenvalue weighted by atomic mass is 9.99. The average molecular weight is 291 g/mol. The molecule has 1 N–H and O–H groups in total. The van der Waals surface area contributed by atoms with Crippen LogP contribution in [0.3, 0.4) is 0 Å². The molecular weight excluding hydrogens is 280 g/mol. The fraction of sp³-hybridized carbons (Fsp3) is 0.0667. The van der Waals surface area contributed by atoms with Gasteiger partial charge in [0.1, 0.15) is 18.1 Å². The maximum Gasteiger partial charge on any atom is 0.120 e. The molecule has 0 fully saturated rings. The minimum absolute atomic E-state index is 0.245. The van der Waals surface area contributed by atoms with Gasteiger partial charge in [0.25, 0.3) is 0 Å². The molecule has 2 nitrogen and oxygen atoms in total. The van der Waals surface area contributed by atoms with Gasteiger partial charge in [0.15, 0.2) is 0 Å².